The molecule has 0 aliphatic heterocycles. The van der Waals surface area contributed by atoms with Gasteiger partial charge in [-0.05, 0) is 18.2 Å². The highest BCUT2D eigenvalue weighted by molar-refractivity contribution is 9.10. The number of anilines is 1. The number of hydrogen-bond donors (Lipinski definition) is 1. The highest BCUT2D eigenvalue weighted by Gasteiger charge is 2.03. The largest absolute Gasteiger partial charge is 0.398 e. The Morgan fingerprint density at radius 2 is 2.07 bits per heavy atom. The quantitative estimate of drug-likeness (QED) is 0.779. The van der Waals surface area contributed by atoms with Gasteiger partial charge in [-0.15, -0.1) is 0 Å². The summed E-state index contributed by atoms with van der Waals surface area (Å²) in [7, 11) is 1.73. The lowest BCUT2D eigenvalue weighted by atomic mass is 10.2. The van der Waals surface area contributed by atoms with Gasteiger partial charge >= 0.3 is 0 Å². The van der Waals surface area contributed by atoms with E-state index < -0.39 is 0 Å². The number of halogens is 1. The molecule has 3 nitrogen and oxygen atoms in total. The second-order valence-electron chi connectivity index (χ2n) is 3.16. The van der Waals surface area contributed by atoms with Crippen LogP contribution in [0.3, 0.4) is 0 Å². The summed E-state index contributed by atoms with van der Waals surface area (Å²) in [6.07, 6.45) is 0. The van der Waals surface area contributed by atoms with Gasteiger partial charge in [0.05, 0.1) is 5.52 Å². The summed E-state index contributed by atoms with van der Waals surface area (Å²) >= 11 is 3.37. The normalized spacial score (nSPS) is 10.7. The fourth-order valence-corrected chi connectivity index (χ4v) is 1.82. The van der Waals surface area contributed by atoms with Gasteiger partial charge in [-0.2, -0.15) is 0 Å². The topological polar surface area (TPSA) is 48.0 Å². The number of nitrogen functional groups attached to an aromatic ring is 1. The number of fused-ring (bicyclic) bond motifs is 1. The van der Waals surface area contributed by atoms with Crippen LogP contribution in [-0.4, -0.2) is 4.57 Å². The maximum Gasteiger partial charge on any atom is 0.252 e. The van der Waals surface area contributed by atoms with E-state index in [2.05, 4.69) is 15.9 Å². The summed E-state index contributed by atoms with van der Waals surface area (Å²) in [5.74, 6) is 0. The van der Waals surface area contributed by atoms with Gasteiger partial charge in [-0.25, -0.2) is 0 Å². The Bertz CT molecular complexity index is 560. The van der Waals surface area contributed by atoms with E-state index in [9.17, 15) is 4.79 Å². The summed E-state index contributed by atoms with van der Waals surface area (Å²) in [4.78, 5) is 11.4. The standard InChI is InChI=1S/C10H9BrN2O/c1-13-9-3-2-6(11)4-7(9)8(12)5-10(13)14/h2-5H,12H2,1H3. The smallest absolute Gasteiger partial charge is 0.252 e. The Kier molecular flexibility index (Phi) is 2.07. The molecule has 2 N–H and O–H groups in total. The van der Waals surface area contributed by atoms with Crippen LogP contribution in [0.15, 0.2) is 33.5 Å². The second-order valence-corrected chi connectivity index (χ2v) is 4.07. The molecule has 0 amide bonds. The van der Waals surface area contributed by atoms with Crippen LogP contribution in [0.2, 0.25) is 0 Å². The summed E-state index contributed by atoms with van der Waals surface area (Å²) in [5.41, 5.74) is 7.04. The maximum absolute atomic E-state index is 11.4. The van der Waals surface area contributed by atoms with Crippen molar-refractivity contribution in [2.75, 3.05) is 5.73 Å². The molecular weight excluding hydrogens is 244 g/mol. The zero-order valence-electron chi connectivity index (χ0n) is 7.62. The van der Waals surface area contributed by atoms with E-state index in [1.54, 1.807) is 11.6 Å². The second kappa shape index (κ2) is 3.13. The fraction of sp³-hybridized carbons (Fsp3) is 0.100. The van der Waals surface area contributed by atoms with Gasteiger partial charge in [0.25, 0.3) is 5.56 Å². The van der Waals surface area contributed by atoms with Crippen LogP contribution < -0.4 is 11.3 Å². The Balaban J connectivity index is 3.02. The molecular formula is C10H9BrN2O. The van der Waals surface area contributed by atoms with E-state index in [1.807, 2.05) is 18.2 Å². The molecule has 0 atom stereocenters. The van der Waals surface area contributed by atoms with Gasteiger partial charge in [0.15, 0.2) is 0 Å². The fourth-order valence-electron chi connectivity index (χ4n) is 1.46. The lowest BCUT2D eigenvalue weighted by molar-refractivity contribution is 0.907. The molecule has 2 rings (SSSR count). The van der Waals surface area contributed by atoms with Crippen molar-refractivity contribution in [2.24, 2.45) is 7.05 Å². The van der Waals surface area contributed by atoms with E-state index in [-0.39, 0.29) is 5.56 Å². The predicted molar refractivity (Wildman–Crippen MR) is 61.3 cm³/mol. The van der Waals surface area contributed by atoms with Gasteiger partial charge in [0.2, 0.25) is 0 Å². The van der Waals surface area contributed by atoms with Crippen molar-refractivity contribution in [2.45, 2.75) is 0 Å². The van der Waals surface area contributed by atoms with Gasteiger partial charge in [-0.3, -0.25) is 4.79 Å². The van der Waals surface area contributed by atoms with E-state index in [0.717, 1.165) is 15.4 Å². The summed E-state index contributed by atoms with van der Waals surface area (Å²) in [5, 5.41) is 0.890. The predicted octanol–water partition coefficient (Wildman–Crippen LogP) is 1.88. The number of aryl methyl sites for hydroxylation is 1. The first-order valence-corrected chi connectivity index (χ1v) is 4.93. The van der Waals surface area contributed by atoms with Crippen molar-refractivity contribution in [3.8, 4) is 0 Å². The average Bonchev–Trinajstić information content (AvgIpc) is 2.14. The number of hydrogen-bond acceptors (Lipinski definition) is 2. The monoisotopic (exact) mass is 252 g/mol. The number of aromatic nitrogens is 1. The molecule has 0 bridgehead atoms. The molecule has 1 heterocycles. The summed E-state index contributed by atoms with van der Waals surface area (Å²) in [6, 6.07) is 7.11. The molecule has 0 fully saturated rings. The molecule has 0 aliphatic carbocycles. The van der Waals surface area contributed by atoms with Crippen LogP contribution in [0, 0.1) is 0 Å². The molecule has 4 heteroatoms. The molecule has 1 aromatic carbocycles. The van der Waals surface area contributed by atoms with Crippen molar-refractivity contribution >= 4 is 32.5 Å². The third-order valence-electron chi connectivity index (χ3n) is 2.24. The third-order valence-corrected chi connectivity index (χ3v) is 2.73. The third kappa shape index (κ3) is 1.32. The number of pyridine rings is 1. The molecule has 0 saturated heterocycles. The first-order valence-electron chi connectivity index (χ1n) is 4.14. The highest BCUT2D eigenvalue weighted by Crippen LogP contribution is 2.22. The van der Waals surface area contributed by atoms with Crippen molar-refractivity contribution in [3.63, 3.8) is 0 Å². The molecule has 72 valence electrons. The molecule has 0 saturated carbocycles. The zero-order valence-corrected chi connectivity index (χ0v) is 9.21. The molecule has 0 aliphatic rings. The van der Waals surface area contributed by atoms with Crippen molar-refractivity contribution < 1.29 is 0 Å². The van der Waals surface area contributed by atoms with E-state index in [0.29, 0.717) is 5.69 Å². The van der Waals surface area contributed by atoms with Crippen molar-refractivity contribution in [1.82, 2.24) is 4.57 Å². The van der Waals surface area contributed by atoms with Crippen molar-refractivity contribution in [1.29, 1.82) is 0 Å². The van der Waals surface area contributed by atoms with Crippen LogP contribution in [-0.2, 0) is 7.05 Å². The SMILES string of the molecule is Cn1c(=O)cc(N)c2cc(Br)ccc21. The van der Waals surface area contributed by atoms with Gasteiger partial charge in [0, 0.05) is 28.7 Å². The van der Waals surface area contributed by atoms with Crippen LogP contribution in [0.25, 0.3) is 10.9 Å². The van der Waals surface area contributed by atoms with Crippen LogP contribution in [0.1, 0.15) is 0 Å². The van der Waals surface area contributed by atoms with Crippen molar-refractivity contribution in [3.05, 3.63) is 39.1 Å². The van der Waals surface area contributed by atoms with Crippen LogP contribution in [0.5, 0.6) is 0 Å². The molecule has 14 heavy (non-hydrogen) atoms. The summed E-state index contributed by atoms with van der Waals surface area (Å²) < 4.78 is 2.54. The van der Waals surface area contributed by atoms with Crippen LogP contribution >= 0.6 is 15.9 Å². The Labute approximate surface area is 89.3 Å². The summed E-state index contributed by atoms with van der Waals surface area (Å²) in [6.45, 7) is 0. The number of nitrogens with zero attached hydrogens (tertiary/aromatic N) is 1. The molecule has 0 radical (unpaired) electrons. The average molecular weight is 253 g/mol. The molecule has 1 aromatic heterocycles. The molecule has 0 unspecified atom stereocenters. The minimum atomic E-state index is -0.0858. The number of rotatable bonds is 0. The number of nitrogens with two attached hydrogens (primary N) is 1. The van der Waals surface area contributed by atoms with Gasteiger partial charge in [-0.1, -0.05) is 15.9 Å². The van der Waals surface area contributed by atoms with Gasteiger partial charge < -0.3 is 10.3 Å². The van der Waals surface area contributed by atoms with E-state index in [4.69, 9.17) is 5.73 Å². The van der Waals surface area contributed by atoms with E-state index >= 15 is 0 Å². The van der Waals surface area contributed by atoms with Gasteiger partial charge in [0.1, 0.15) is 0 Å². The zero-order chi connectivity index (χ0) is 10.3. The van der Waals surface area contributed by atoms with Crippen LogP contribution in [0.4, 0.5) is 5.69 Å². The number of benzene rings is 1. The maximum atomic E-state index is 11.4. The Morgan fingerprint density at radius 3 is 2.79 bits per heavy atom. The molecule has 0 spiro atoms. The minimum absolute atomic E-state index is 0.0858. The lowest BCUT2D eigenvalue weighted by Gasteiger charge is -2.06. The molecule has 2 aromatic rings. The Hall–Kier alpha value is -1.29. The lowest BCUT2D eigenvalue weighted by Crippen LogP contribution is -2.16. The minimum Gasteiger partial charge on any atom is -0.398 e. The highest BCUT2D eigenvalue weighted by atomic mass is 79.9. The Morgan fingerprint density at radius 1 is 1.36 bits per heavy atom. The van der Waals surface area contributed by atoms with E-state index in [1.165, 1.54) is 6.07 Å². The first-order chi connectivity index (χ1) is 6.59. The first kappa shape index (κ1) is 9.27.